The molecule has 2 fully saturated rings. The van der Waals surface area contributed by atoms with Gasteiger partial charge in [0.05, 0.1) is 32.1 Å². The zero-order valence-corrected chi connectivity index (χ0v) is 14.9. The van der Waals surface area contributed by atoms with E-state index in [-0.39, 0.29) is 5.56 Å². The minimum absolute atomic E-state index is 0.189. The SMILES string of the molecule is Fc1ccc(C2OCCO2)cc1F.[N-]=[N+]=Nc1c(C2OCCO2)ccc(F)c1F. The Balaban J connectivity index is 0.000000169. The fourth-order valence-corrected chi connectivity index (χ4v) is 2.64. The molecule has 0 amide bonds. The largest absolute Gasteiger partial charge is 0.346 e. The van der Waals surface area contributed by atoms with Gasteiger partial charge in [-0.25, -0.2) is 17.6 Å². The van der Waals surface area contributed by atoms with Crippen LogP contribution in [0.4, 0.5) is 23.2 Å². The summed E-state index contributed by atoms with van der Waals surface area (Å²) in [7, 11) is 0. The highest BCUT2D eigenvalue weighted by Gasteiger charge is 2.24. The van der Waals surface area contributed by atoms with Crippen molar-refractivity contribution in [3.8, 4) is 0 Å². The summed E-state index contributed by atoms with van der Waals surface area (Å²) in [6.45, 7) is 1.70. The lowest BCUT2D eigenvalue weighted by molar-refractivity contribution is -0.0444. The second-order valence-electron chi connectivity index (χ2n) is 5.81. The second kappa shape index (κ2) is 9.68. The fourth-order valence-electron chi connectivity index (χ4n) is 2.64. The maximum Gasteiger partial charge on any atom is 0.184 e. The van der Waals surface area contributed by atoms with E-state index < -0.39 is 41.5 Å². The Morgan fingerprint density at radius 1 is 0.793 bits per heavy atom. The molecule has 2 saturated heterocycles. The molecule has 0 saturated carbocycles. The number of hydrogen-bond acceptors (Lipinski definition) is 5. The van der Waals surface area contributed by atoms with Gasteiger partial charge in [-0.15, -0.1) is 0 Å². The Morgan fingerprint density at radius 2 is 1.38 bits per heavy atom. The number of rotatable bonds is 3. The number of benzene rings is 2. The van der Waals surface area contributed by atoms with Crippen LogP contribution < -0.4 is 0 Å². The Hall–Kier alpha value is -2.69. The summed E-state index contributed by atoms with van der Waals surface area (Å²) < 4.78 is 72.1. The maximum absolute atomic E-state index is 13.4. The third-order valence-electron chi connectivity index (χ3n) is 3.96. The summed E-state index contributed by atoms with van der Waals surface area (Å²) in [4.78, 5) is 2.45. The number of nitrogens with zero attached hydrogens (tertiary/aromatic N) is 3. The molecule has 154 valence electrons. The molecular weight excluding hydrogens is 398 g/mol. The average molecular weight is 413 g/mol. The van der Waals surface area contributed by atoms with Crippen LogP contribution in [-0.2, 0) is 18.9 Å². The van der Waals surface area contributed by atoms with Crippen LogP contribution in [0.3, 0.4) is 0 Å². The van der Waals surface area contributed by atoms with Gasteiger partial charge in [0.25, 0.3) is 0 Å². The first kappa shape index (κ1) is 21.0. The van der Waals surface area contributed by atoms with E-state index in [1.165, 1.54) is 12.1 Å². The molecular formula is C18H15F4N3O4. The summed E-state index contributed by atoms with van der Waals surface area (Å²) in [6, 6.07) is 5.82. The van der Waals surface area contributed by atoms with Gasteiger partial charge in [0.1, 0.15) is 0 Å². The number of halogens is 4. The normalized spacial score (nSPS) is 17.0. The molecule has 0 atom stereocenters. The van der Waals surface area contributed by atoms with Crippen LogP contribution in [-0.4, -0.2) is 26.4 Å². The highest BCUT2D eigenvalue weighted by atomic mass is 19.2. The first-order valence-corrected chi connectivity index (χ1v) is 8.45. The Labute approximate surface area is 162 Å². The predicted octanol–water partition coefficient (Wildman–Crippen LogP) is 4.96. The molecule has 11 heteroatoms. The lowest BCUT2D eigenvalue weighted by Crippen LogP contribution is -2.00. The van der Waals surface area contributed by atoms with Crippen molar-refractivity contribution in [3.63, 3.8) is 0 Å². The van der Waals surface area contributed by atoms with Crippen LogP contribution in [0.25, 0.3) is 10.4 Å². The van der Waals surface area contributed by atoms with Crippen molar-refractivity contribution < 1.29 is 36.5 Å². The van der Waals surface area contributed by atoms with Gasteiger partial charge in [-0.2, -0.15) is 0 Å². The van der Waals surface area contributed by atoms with Crippen LogP contribution in [0.2, 0.25) is 0 Å². The van der Waals surface area contributed by atoms with Crippen molar-refractivity contribution in [1.29, 1.82) is 0 Å². The highest BCUT2D eigenvalue weighted by Crippen LogP contribution is 2.34. The minimum Gasteiger partial charge on any atom is -0.346 e. The van der Waals surface area contributed by atoms with Crippen LogP contribution in [0.15, 0.2) is 35.4 Å². The smallest absolute Gasteiger partial charge is 0.184 e. The van der Waals surface area contributed by atoms with E-state index in [4.69, 9.17) is 24.5 Å². The number of azide groups is 1. The van der Waals surface area contributed by atoms with Crippen molar-refractivity contribution in [2.24, 2.45) is 5.11 Å². The van der Waals surface area contributed by atoms with Gasteiger partial charge >= 0.3 is 0 Å². The first-order valence-electron chi connectivity index (χ1n) is 8.45. The Bertz CT molecular complexity index is 912. The molecule has 2 heterocycles. The molecule has 29 heavy (non-hydrogen) atoms. The molecule has 0 N–H and O–H groups in total. The van der Waals surface area contributed by atoms with Gasteiger partial charge in [-0.1, -0.05) is 17.2 Å². The van der Waals surface area contributed by atoms with Crippen molar-refractivity contribution in [2.45, 2.75) is 12.6 Å². The number of hydrogen-bond donors (Lipinski definition) is 0. The minimum atomic E-state index is -1.20. The van der Waals surface area contributed by atoms with E-state index in [0.29, 0.717) is 32.0 Å². The van der Waals surface area contributed by atoms with E-state index in [1.54, 1.807) is 0 Å². The highest BCUT2D eigenvalue weighted by molar-refractivity contribution is 5.48. The van der Waals surface area contributed by atoms with Gasteiger partial charge in [0.15, 0.2) is 35.8 Å². The van der Waals surface area contributed by atoms with Gasteiger partial charge in [0, 0.05) is 16.0 Å². The van der Waals surface area contributed by atoms with Crippen LogP contribution >= 0.6 is 0 Å². The summed E-state index contributed by atoms with van der Waals surface area (Å²) in [5.41, 5.74) is 8.57. The van der Waals surface area contributed by atoms with Gasteiger partial charge in [-0.3, -0.25) is 0 Å². The zero-order chi connectivity index (χ0) is 20.8. The van der Waals surface area contributed by atoms with E-state index in [9.17, 15) is 17.6 Å². The molecule has 0 radical (unpaired) electrons. The summed E-state index contributed by atoms with van der Waals surface area (Å²) in [5.74, 6) is -4.02. The molecule has 2 aromatic carbocycles. The molecule has 0 unspecified atom stereocenters. The van der Waals surface area contributed by atoms with Crippen LogP contribution in [0.1, 0.15) is 23.7 Å². The monoisotopic (exact) mass is 413 g/mol. The van der Waals surface area contributed by atoms with Gasteiger partial charge in [0.2, 0.25) is 0 Å². The van der Waals surface area contributed by atoms with Crippen LogP contribution in [0, 0.1) is 23.3 Å². The van der Waals surface area contributed by atoms with Crippen molar-refractivity contribution in [3.05, 3.63) is 75.2 Å². The van der Waals surface area contributed by atoms with E-state index >= 15 is 0 Å². The Morgan fingerprint density at radius 3 is 1.97 bits per heavy atom. The molecule has 0 bridgehead atoms. The first-order chi connectivity index (χ1) is 14.0. The number of ether oxygens (including phenoxy) is 4. The lowest BCUT2D eigenvalue weighted by Gasteiger charge is -2.12. The molecule has 7 nitrogen and oxygen atoms in total. The average Bonchev–Trinajstić information content (AvgIpc) is 3.42. The van der Waals surface area contributed by atoms with Gasteiger partial charge < -0.3 is 18.9 Å². The van der Waals surface area contributed by atoms with Crippen LogP contribution in [0.5, 0.6) is 0 Å². The standard InChI is InChI=1S/C9H7F2N3O2.C9H8F2O2/c10-6-2-1-5(9-15-3-4-16-9)8(7(6)11)13-14-12;10-7-2-1-6(5-8(7)11)9-12-3-4-13-9/h1-2,9H,3-4H2;1-2,5,9H,3-4H2. The summed E-state index contributed by atoms with van der Waals surface area (Å²) >= 11 is 0. The molecule has 0 aliphatic carbocycles. The Kier molecular flexibility index (Phi) is 7.02. The molecule has 2 aliphatic heterocycles. The van der Waals surface area contributed by atoms with Gasteiger partial charge in [-0.05, 0) is 23.7 Å². The van der Waals surface area contributed by atoms with E-state index in [0.717, 1.165) is 18.2 Å². The second-order valence-corrected chi connectivity index (χ2v) is 5.81. The van der Waals surface area contributed by atoms with Crippen molar-refractivity contribution >= 4 is 5.69 Å². The van der Waals surface area contributed by atoms with E-state index in [2.05, 4.69) is 10.0 Å². The van der Waals surface area contributed by atoms with Crippen molar-refractivity contribution in [2.75, 3.05) is 26.4 Å². The summed E-state index contributed by atoms with van der Waals surface area (Å²) in [6.07, 6.45) is -1.36. The fraction of sp³-hybridized carbons (Fsp3) is 0.333. The lowest BCUT2D eigenvalue weighted by atomic mass is 10.1. The molecule has 0 spiro atoms. The maximum atomic E-state index is 13.4. The topological polar surface area (TPSA) is 85.7 Å². The molecule has 2 aromatic rings. The molecule has 2 aliphatic rings. The molecule has 0 aromatic heterocycles. The summed E-state index contributed by atoms with van der Waals surface area (Å²) in [5, 5.41) is 3.12. The quantitative estimate of drug-likeness (QED) is 0.308. The molecule has 4 rings (SSSR count). The van der Waals surface area contributed by atoms with Crippen molar-refractivity contribution in [1.82, 2.24) is 0 Å². The third kappa shape index (κ3) is 5.03. The van der Waals surface area contributed by atoms with E-state index in [1.807, 2.05) is 0 Å². The zero-order valence-electron chi connectivity index (χ0n) is 14.9. The predicted molar refractivity (Wildman–Crippen MR) is 90.8 cm³/mol. The third-order valence-corrected chi connectivity index (χ3v) is 3.96.